The second kappa shape index (κ2) is 84.6. The Labute approximate surface area is 676 Å². The van der Waals surface area contributed by atoms with E-state index in [1.54, 1.807) is 0 Å². The van der Waals surface area contributed by atoms with E-state index in [0.29, 0.717) is 19.3 Å². The minimum absolute atomic E-state index is 0.0831. The topological polar surface area (TPSA) is 231 Å². The van der Waals surface area contributed by atoms with Crippen LogP contribution in [0.5, 0.6) is 0 Å². The van der Waals surface area contributed by atoms with Crippen LogP contribution in [0.1, 0.15) is 355 Å². The van der Waals surface area contributed by atoms with Gasteiger partial charge in [-0.3, -0.25) is 32.5 Å². The van der Waals surface area contributed by atoms with Crippen LogP contribution >= 0.6 is 15.6 Å². The number of ether oxygens (including phenoxy) is 3. The molecule has 0 aromatic heterocycles. The maximum Gasteiger partial charge on any atom is 0.472 e. The van der Waals surface area contributed by atoms with Crippen molar-refractivity contribution in [1.29, 1.82) is 0 Å². The van der Waals surface area contributed by atoms with E-state index in [1.807, 2.05) is 0 Å². The molecule has 0 rings (SSSR count). The van der Waals surface area contributed by atoms with Crippen molar-refractivity contribution in [2.45, 2.75) is 373 Å². The minimum Gasteiger partial charge on any atom is -0.463 e. The molecule has 0 saturated heterocycles. The maximum absolute atomic E-state index is 13.0. The Morgan fingerprint density at radius 1 is 0.261 bits per heavy atom. The summed E-state index contributed by atoms with van der Waals surface area (Å²) in [5.41, 5.74) is 0. The SMILES string of the molecule is CC/C=C\C/C=C\C/C=C\C/C=C\C/C=C\C/C=C\CCCCCCCCCCC(=O)OCC(COP(=O)(O)OCC(O)COP(=O)(O)OCC(O)COC(=O)CCCCCCCCCCCCCCCCCCCCC/C=C\C/C=C\C/C=C\C/C=C\C/C=C\CC)OC(=O)CCCCCCC/C=C\C/C=C\CCC. The zero-order chi connectivity index (χ0) is 80.8. The molecule has 0 aliphatic heterocycles. The van der Waals surface area contributed by atoms with Gasteiger partial charge in [-0.15, -0.1) is 0 Å². The van der Waals surface area contributed by atoms with E-state index in [1.165, 1.54) is 116 Å². The number of carbonyl (C=O) groups is 3. The molecule has 16 nitrogen and oxygen atoms in total. The van der Waals surface area contributed by atoms with Crippen molar-refractivity contribution in [1.82, 2.24) is 0 Å². The standard InChI is InChI=1S/C93H158O16P2/c1-4-7-10-13-16-19-22-25-27-29-31-33-35-37-39-40-41-42-43-44-45-46-48-50-51-53-55-57-59-62-64-67-70-73-76-79-91(96)103-82-88(94)83-105-110(99,100)106-84-89(95)85-107-111(101,102)108-87-90(109-93(98)81-78-75-72-69-66-61-24-21-18-15-12-9-6-3)86-104-92(97)80-77-74-71-68-65-63-60-58-56-54-52-49-47-38-36-34-32-30-28-26-23-20-17-14-11-8-5-2/h7-8,10-12,15-17,19-21,24-28,31-34,37-39,47,52,54,88-90,94-95H,4-6,9,13-14,18,22-23,29-30,35-36,40-46,48-51,53,55-87H2,1-3H3,(H,99,100)(H,101,102)/b10-7-,11-8-,15-12-,19-16-,20-17-,24-21-,27-25-,28-26-,33-31-,34-32-,39-37-,47-38-,54-52-. The molecule has 0 aromatic carbocycles. The fourth-order valence-electron chi connectivity index (χ4n) is 11.6. The number of esters is 3. The Balaban J connectivity index is 4.40. The van der Waals surface area contributed by atoms with E-state index in [-0.39, 0.29) is 19.3 Å². The van der Waals surface area contributed by atoms with Crippen LogP contribution in [-0.2, 0) is 55.8 Å². The quantitative estimate of drug-likeness (QED) is 0.0146. The molecule has 0 heterocycles. The Hall–Kier alpha value is -4.83. The normalized spacial score (nSPS) is 14.6. The van der Waals surface area contributed by atoms with Crippen molar-refractivity contribution in [2.75, 3.05) is 39.6 Å². The first kappa shape index (κ1) is 106. The Kier molecular flexibility index (Phi) is 80.9. The van der Waals surface area contributed by atoms with Crippen LogP contribution in [0.4, 0.5) is 0 Å². The number of phosphoric acid groups is 2. The average molecular weight is 1590 g/mol. The van der Waals surface area contributed by atoms with Crippen LogP contribution in [0.2, 0.25) is 0 Å². The predicted octanol–water partition coefficient (Wildman–Crippen LogP) is 26.5. The molecule has 111 heavy (non-hydrogen) atoms. The molecule has 5 unspecified atom stereocenters. The van der Waals surface area contributed by atoms with Crippen LogP contribution in [0.25, 0.3) is 0 Å². The largest absolute Gasteiger partial charge is 0.472 e. The summed E-state index contributed by atoms with van der Waals surface area (Å²) in [4.78, 5) is 58.8. The third kappa shape index (κ3) is 85.9. The summed E-state index contributed by atoms with van der Waals surface area (Å²) in [5.74, 6) is -1.60. The number of aliphatic hydroxyl groups excluding tert-OH is 2. The van der Waals surface area contributed by atoms with Crippen LogP contribution in [-0.4, -0.2) is 95.9 Å². The van der Waals surface area contributed by atoms with Crippen LogP contribution in [0.15, 0.2) is 158 Å². The van der Waals surface area contributed by atoms with E-state index in [4.69, 9.17) is 32.3 Å². The lowest BCUT2D eigenvalue weighted by Gasteiger charge is -2.21. The fraction of sp³-hybridized carbons (Fsp3) is 0.688. The van der Waals surface area contributed by atoms with Gasteiger partial charge in [0.05, 0.1) is 26.4 Å². The van der Waals surface area contributed by atoms with Gasteiger partial charge >= 0.3 is 33.6 Å². The van der Waals surface area contributed by atoms with E-state index >= 15 is 0 Å². The van der Waals surface area contributed by atoms with Crippen molar-refractivity contribution in [3.63, 3.8) is 0 Å². The van der Waals surface area contributed by atoms with Gasteiger partial charge in [-0.05, 0) is 141 Å². The Morgan fingerprint density at radius 2 is 0.477 bits per heavy atom. The Morgan fingerprint density at radius 3 is 0.757 bits per heavy atom. The number of allylic oxidation sites excluding steroid dienone is 26. The average Bonchev–Trinajstić information content (AvgIpc) is 0.918. The summed E-state index contributed by atoms with van der Waals surface area (Å²) in [6, 6.07) is 0. The van der Waals surface area contributed by atoms with E-state index < -0.39 is 91.5 Å². The molecule has 5 atom stereocenters. The van der Waals surface area contributed by atoms with Crippen molar-refractivity contribution < 1.29 is 75.8 Å². The lowest BCUT2D eigenvalue weighted by atomic mass is 10.0. The van der Waals surface area contributed by atoms with Gasteiger partial charge < -0.3 is 34.2 Å². The number of aliphatic hydroxyl groups is 2. The number of unbranched alkanes of at least 4 members (excludes halogenated alkanes) is 33. The predicted molar refractivity (Wildman–Crippen MR) is 463 cm³/mol. The van der Waals surface area contributed by atoms with Crippen LogP contribution in [0.3, 0.4) is 0 Å². The number of carbonyl (C=O) groups excluding carboxylic acids is 3. The highest BCUT2D eigenvalue weighted by molar-refractivity contribution is 7.47. The third-order valence-electron chi connectivity index (χ3n) is 18.2. The molecule has 0 amide bonds. The Bertz CT molecular complexity index is 2650. The monoisotopic (exact) mass is 1590 g/mol. The molecule has 0 radical (unpaired) electrons. The molecule has 0 fully saturated rings. The second-order valence-electron chi connectivity index (χ2n) is 28.9. The van der Waals surface area contributed by atoms with Crippen LogP contribution in [0, 0.1) is 0 Å². The van der Waals surface area contributed by atoms with E-state index in [0.717, 1.165) is 180 Å². The lowest BCUT2D eigenvalue weighted by molar-refractivity contribution is -0.161. The van der Waals surface area contributed by atoms with E-state index in [2.05, 4.69) is 179 Å². The fourth-order valence-corrected chi connectivity index (χ4v) is 13.2. The van der Waals surface area contributed by atoms with Gasteiger partial charge in [0.25, 0.3) is 0 Å². The van der Waals surface area contributed by atoms with Gasteiger partial charge in [0, 0.05) is 19.3 Å². The number of phosphoric ester groups is 2. The minimum atomic E-state index is -4.94. The highest BCUT2D eigenvalue weighted by Gasteiger charge is 2.29. The summed E-state index contributed by atoms with van der Waals surface area (Å²) >= 11 is 0. The number of hydrogen-bond donors (Lipinski definition) is 4. The molecule has 0 aliphatic rings. The molecule has 0 bridgehead atoms. The number of hydrogen-bond acceptors (Lipinski definition) is 14. The first-order chi connectivity index (χ1) is 54.2. The highest BCUT2D eigenvalue weighted by Crippen LogP contribution is 2.45. The molecular formula is C93H158O16P2. The van der Waals surface area contributed by atoms with Gasteiger partial charge in [-0.2, -0.15) is 0 Å². The summed E-state index contributed by atoms with van der Waals surface area (Å²) in [7, 11) is -9.80. The first-order valence-electron chi connectivity index (χ1n) is 43.8. The molecule has 18 heteroatoms. The van der Waals surface area contributed by atoms with Gasteiger partial charge in [-0.25, -0.2) is 9.13 Å². The van der Waals surface area contributed by atoms with Gasteiger partial charge in [0.15, 0.2) is 6.10 Å². The molecular weight excluding hydrogens is 1430 g/mol. The lowest BCUT2D eigenvalue weighted by Crippen LogP contribution is -2.30. The number of rotatable bonds is 82. The van der Waals surface area contributed by atoms with Crippen molar-refractivity contribution in [3.05, 3.63) is 158 Å². The summed E-state index contributed by atoms with van der Waals surface area (Å²) in [5, 5.41) is 20.7. The smallest absolute Gasteiger partial charge is 0.463 e. The second-order valence-corrected chi connectivity index (χ2v) is 31.8. The zero-order valence-corrected chi connectivity index (χ0v) is 71.6. The highest BCUT2D eigenvalue weighted by atomic mass is 31.2. The molecule has 0 aromatic rings. The summed E-state index contributed by atoms with van der Waals surface area (Å²) < 4.78 is 61.2. The molecule has 0 aliphatic carbocycles. The summed E-state index contributed by atoms with van der Waals surface area (Å²) in [6.07, 6.45) is 107. The zero-order valence-electron chi connectivity index (χ0n) is 69.8. The van der Waals surface area contributed by atoms with Gasteiger partial charge in [0.1, 0.15) is 25.4 Å². The molecule has 636 valence electrons. The molecule has 0 saturated carbocycles. The van der Waals surface area contributed by atoms with Crippen molar-refractivity contribution in [2.24, 2.45) is 0 Å². The molecule has 0 spiro atoms. The summed E-state index contributed by atoms with van der Waals surface area (Å²) in [6.45, 7) is 2.38. The van der Waals surface area contributed by atoms with Crippen molar-refractivity contribution in [3.8, 4) is 0 Å². The van der Waals surface area contributed by atoms with Gasteiger partial charge in [-0.1, -0.05) is 352 Å². The molecule has 4 N–H and O–H groups in total. The van der Waals surface area contributed by atoms with Crippen molar-refractivity contribution >= 4 is 33.6 Å². The van der Waals surface area contributed by atoms with Crippen LogP contribution < -0.4 is 0 Å². The maximum atomic E-state index is 13.0. The van der Waals surface area contributed by atoms with E-state index in [9.17, 15) is 43.5 Å². The first-order valence-corrected chi connectivity index (χ1v) is 46.8. The third-order valence-corrected chi connectivity index (χ3v) is 20.1. The van der Waals surface area contributed by atoms with Gasteiger partial charge in [0.2, 0.25) is 0 Å².